The van der Waals surface area contributed by atoms with Crippen LogP contribution < -0.4 is 30.5 Å². The summed E-state index contributed by atoms with van der Waals surface area (Å²) < 4.78 is 48.1. The van der Waals surface area contributed by atoms with Gasteiger partial charge in [-0.2, -0.15) is 4.98 Å². The predicted molar refractivity (Wildman–Crippen MR) is 249 cm³/mol. The standard InChI is InChI=1S/C46H57BrF2N9O2P/c1-6-31-21-41(53-46-50-26-38(47)45(54-46)52-40-12-11-39-37(44(40)61(4,5)59)10-9-34(7-2)51-39)43(60-8-3)25-42(31)57-15-13-35(14-16-57)56-19-17-55(18-20-56)27-30-28-58(29-30)36-23-32(48)22-33(49)24-36/h9-12,21-26,30,35H,6-8,13-20,27-29H2,1-5H3,(H2,50,52,53,54). The first kappa shape index (κ1) is 43.3. The maximum absolute atomic E-state index is 13.7. The predicted octanol–water partition coefficient (Wildman–Crippen LogP) is 9.05. The molecule has 324 valence electrons. The molecule has 3 saturated heterocycles. The first-order valence-corrected chi connectivity index (χ1v) is 25.0. The molecule has 5 heterocycles. The van der Waals surface area contributed by atoms with Crippen LogP contribution in [0, 0.1) is 17.6 Å². The van der Waals surface area contributed by atoms with Gasteiger partial charge >= 0.3 is 0 Å². The molecule has 0 amide bonds. The third kappa shape index (κ3) is 9.83. The number of halogens is 3. The maximum Gasteiger partial charge on any atom is 0.229 e. The molecule has 0 unspecified atom stereocenters. The van der Waals surface area contributed by atoms with E-state index in [1.807, 2.05) is 31.2 Å². The lowest BCUT2D eigenvalue weighted by Crippen LogP contribution is -2.57. The molecule has 3 aliphatic heterocycles. The van der Waals surface area contributed by atoms with Gasteiger partial charge in [0.25, 0.3) is 0 Å². The molecule has 0 saturated carbocycles. The Labute approximate surface area is 366 Å². The highest BCUT2D eigenvalue weighted by atomic mass is 79.9. The number of hydrogen-bond acceptors (Lipinski definition) is 11. The second-order valence-corrected chi connectivity index (χ2v) is 20.9. The summed E-state index contributed by atoms with van der Waals surface area (Å²) in [5, 5.41) is 8.53. The van der Waals surface area contributed by atoms with Gasteiger partial charge in [-0.1, -0.05) is 19.9 Å². The van der Waals surface area contributed by atoms with Crippen molar-refractivity contribution in [2.75, 3.05) is 99.3 Å². The molecule has 0 radical (unpaired) electrons. The van der Waals surface area contributed by atoms with Crippen LogP contribution in [0.25, 0.3) is 10.9 Å². The van der Waals surface area contributed by atoms with E-state index in [1.165, 1.54) is 23.4 Å². The fraction of sp³-hybridized carbons (Fsp3) is 0.457. The number of piperazine rings is 1. The van der Waals surface area contributed by atoms with Gasteiger partial charge in [-0.15, -0.1) is 0 Å². The van der Waals surface area contributed by atoms with Crippen LogP contribution in [0.3, 0.4) is 0 Å². The van der Waals surface area contributed by atoms with Crippen LogP contribution in [0.4, 0.5) is 43.3 Å². The van der Waals surface area contributed by atoms with Gasteiger partial charge in [-0.3, -0.25) is 9.88 Å². The number of rotatable bonds is 14. The minimum absolute atomic E-state index is 0.408. The van der Waals surface area contributed by atoms with Gasteiger partial charge in [0.05, 0.1) is 28.0 Å². The number of ether oxygens (including phenoxy) is 1. The van der Waals surface area contributed by atoms with Gasteiger partial charge in [-0.25, -0.2) is 13.8 Å². The summed E-state index contributed by atoms with van der Waals surface area (Å²) in [7, 11) is -2.73. The molecule has 15 heteroatoms. The van der Waals surface area contributed by atoms with Crippen LogP contribution in [0.2, 0.25) is 0 Å². The number of fused-ring (bicyclic) bond motifs is 1. The van der Waals surface area contributed by atoms with E-state index in [0.29, 0.717) is 40.5 Å². The second kappa shape index (κ2) is 18.5. The van der Waals surface area contributed by atoms with Crippen molar-refractivity contribution in [2.45, 2.75) is 52.5 Å². The van der Waals surface area contributed by atoms with Crippen molar-refractivity contribution < 1.29 is 18.1 Å². The number of anilines is 6. The fourth-order valence-electron chi connectivity index (χ4n) is 9.20. The summed E-state index contributed by atoms with van der Waals surface area (Å²) in [5.41, 5.74) is 6.42. The quantitative estimate of drug-likeness (QED) is 0.104. The van der Waals surface area contributed by atoms with Crippen molar-refractivity contribution in [2.24, 2.45) is 5.92 Å². The Hall–Kier alpha value is -4.36. The number of piperidine rings is 1. The van der Waals surface area contributed by atoms with E-state index in [9.17, 15) is 13.3 Å². The van der Waals surface area contributed by atoms with Crippen LogP contribution in [0.15, 0.2) is 65.3 Å². The number of benzene rings is 3. The van der Waals surface area contributed by atoms with Crippen molar-refractivity contribution >= 4 is 73.8 Å². The van der Waals surface area contributed by atoms with Crippen molar-refractivity contribution in [1.29, 1.82) is 0 Å². The topological polar surface area (TPSA) is 102 Å². The molecule has 8 rings (SSSR count). The van der Waals surface area contributed by atoms with Crippen LogP contribution >= 0.6 is 23.1 Å². The molecule has 0 spiro atoms. The fourth-order valence-corrected chi connectivity index (χ4v) is 11.0. The molecule has 0 aliphatic carbocycles. The smallest absolute Gasteiger partial charge is 0.229 e. The van der Waals surface area contributed by atoms with Crippen LogP contribution in [-0.4, -0.2) is 110 Å². The first-order valence-electron chi connectivity index (χ1n) is 21.7. The number of hydrogen-bond donors (Lipinski definition) is 2. The van der Waals surface area contributed by atoms with Gasteiger partial charge < -0.3 is 34.6 Å². The Morgan fingerprint density at radius 2 is 1.57 bits per heavy atom. The molecule has 3 fully saturated rings. The zero-order chi connectivity index (χ0) is 42.8. The van der Waals surface area contributed by atoms with E-state index >= 15 is 0 Å². The molecule has 2 N–H and O–H groups in total. The second-order valence-electron chi connectivity index (χ2n) is 16.9. The summed E-state index contributed by atoms with van der Waals surface area (Å²) in [4.78, 5) is 24.1. The van der Waals surface area contributed by atoms with E-state index in [2.05, 4.69) is 77.1 Å². The Morgan fingerprint density at radius 1 is 0.836 bits per heavy atom. The van der Waals surface area contributed by atoms with E-state index in [-0.39, 0.29) is 0 Å². The molecule has 3 aromatic carbocycles. The van der Waals surface area contributed by atoms with E-state index in [0.717, 1.165) is 130 Å². The summed E-state index contributed by atoms with van der Waals surface area (Å²) in [6.45, 7) is 19.3. The average molecular weight is 917 g/mol. The molecule has 61 heavy (non-hydrogen) atoms. The Morgan fingerprint density at radius 3 is 2.25 bits per heavy atom. The number of aromatic nitrogens is 3. The van der Waals surface area contributed by atoms with Crippen molar-refractivity contribution in [1.82, 2.24) is 24.8 Å². The minimum atomic E-state index is -2.73. The number of nitrogens with one attached hydrogen (secondary N) is 2. The van der Waals surface area contributed by atoms with Gasteiger partial charge in [0.15, 0.2) is 0 Å². The van der Waals surface area contributed by atoms with Crippen molar-refractivity contribution in [3.8, 4) is 5.75 Å². The number of nitrogens with zero attached hydrogens (tertiary/aromatic N) is 7. The molecule has 11 nitrogen and oxygen atoms in total. The third-order valence-electron chi connectivity index (χ3n) is 12.3. The monoisotopic (exact) mass is 915 g/mol. The lowest BCUT2D eigenvalue weighted by molar-refractivity contribution is 0.0731. The van der Waals surface area contributed by atoms with Crippen LogP contribution in [0.1, 0.15) is 44.9 Å². The molecular formula is C46H57BrF2N9O2P. The SMILES string of the molecule is CCOc1cc(N2CCC(N3CCN(CC4CN(c5cc(F)cc(F)c5)C4)CC3)CC2)c(CC)cc1Nc1ncc(Br)c(Nc2ccc3nc(CC)ccc3c2P(C)(C)=O)n1. The zero-order valence-corrected chi connectivity index (χ0v) is 38.3. The van der Waals surface area contributed by atoms with Gasteiger partial charge in [-0.05, 0) is 104 Å². The summed E-state index contributed by atoms with van der Waals surface area (Å²) in [5.74, 6) is 1.19. The van der Waals surface area contributed by atoms with E-state index < -0.39 is 18.8 Å². The van der Waals surface area contributed by atoms with Crippen molar-refractivity contribution in [3.63, 3.8) is 0 Å². The summed E-state index contributed by atoms with van der Waals surface area (Å²) in [6.07, 6.45) is 5.62. The van der Waals surface area contributed by atoms with E-state index in [1.54, 1.807) is 19.5 Å². The normalized spacial score (nSPS) is 17.2. The first-order chi connectivity index (χ1) is 29.4. The largest absolute Gasteiger partial charge is 0.492 e. The van der Waals surface area contributed by atoms with Crippen LogP contribution in [-0.2, 0) is 17.4 Å². The lowest BCUT2D eigenvalue weighted by atomic mass is 9.97. The highest BCUT2D eigenvalue weighted by Crippen LogP contribution is 2.42. The zero-order valence-electron chi connectivity index (χ0n) is 35.9. The Bertz CT molecular complexity index is 2390. The third-order valence-corrected chi connectivity index (χ3v) is 14.5. The number of pyridine rings is 1. The average Bonchev–Trinajstić information content (AvgIpc) is 3.23. The molecule has 0 bridgehead atoms. The minimum Gasteiger partial charge on any atom is -0.492 e. The van der Waals surface area contributed by atoms with Crippen LogP contribution in [0.5, 0.6) is 5.75 Å². The lowest BCUT2D eigenvalue weighted by Gasteiger charge is -2.46. The highest BCUT2D eigenvalue weighted by Gasteiger charge is 2.33. The molecular weight excluding hydrogens is 859 g/mol. The highest BCUT2D eigenvalue weighted by molar-refractivity contribution is 9.10. The Kier molecular flexibility index (Phi) is 13.2. The van der Waals surface area contributed by atoms with Crippen molar-refractivity contribution in [3.05, 3.63) is 88.2 Å². The maximum atomic E-state index is 13.7. The molecule has 3 aliphatic rings. The summed E-state index contributed by atoms with van der Waals surface area (Å²) in [6, 6.07) is 16.6. The van der Waals surface area contributed by atoms with Gasteiger partial charge in [0.1, 0.15) is 30.3 Å². The van der Waals surface area contributed by atoms with Gasteiger partial charge in [0.2, 0.25) is 5.95 Å². The molecule has 5 aromatic rings. The number of aryl methyl sites for hydroxylation is 2. The summed E-state index contributed by atoms with van der Waals surface area (Å²) >= 11 is 3.64. The Balaban J connectivity index is 0.898. The molecule has 2 aromatic heterocycles. The van der Waals surface area contributed by atoms with Gasteiger partial charge in [0, 0.05) is 117 Å². The molecule has 0 atom stereocenters. The van der Waals surface area contributed by atoms with E-state index in [4.69, 9.17) is 14.7 Å².